The molecule has 2 N–H and O–H groups in total. The van der Waals surface area contributed by atoms with E-state index in [0.717, 1.165) is 0 Å². The molecule has 1 heterocycles. The van der Waals surface area contributed by atoms with Crippen LogP contribution in [0, 0.1) is 0 Å². The number of aromatic nitrogens is 2. The second-order valence-corrected chi connectivity index (χ2v) is 3.96. The zero-order valence-corrected chi connectivity index (χ0v) is 10.7. The first-order valence-electron chi connectivity index (χ1n) is 5.74. The number of hydrogen-bond donors (Lipinski definition) is 2. The third-order valence-electron chi connectivity index (χ3n) is 2.56. The fourth-order valence-electron chi connectivity index (χ4n) is 1.65. The van der Waals surface area contributed by atoms with E-state index < -0.39 is 0 Å². The van der Waals surface area contributed by atoms with E-state index in [4.69, 9.17) is 0 Å². The van der Waals surface area contributed by atoms with E-state index in [1.807, 2.05) is 6.07 Å². The zero-order valence-electron chi connectivity index (χ0n) is 10.7. The Morgan fingerprint density at radius 1 is 1.16 bits per heavy atom. The molecule has 0 spiro atoms. The number of amides is 2. The molecule has 2 amide bonds. The average molecular weight is 258 g/mol. The monoisotopic (exact) mass is 258 g/mol. The highest BCUT2D eigenvalue weighted by molar-refractivity contribution is 6.08. The van der Waals surface area contributed by atoms with Crippen LogP contribution in [0.2, 0.25) is 0 Å². The predicted octanol–water partition coefficient (Wildman–Crippen LogP) is 1.03. The number of nitrogens with one attached hydrogen (secondary N) is 2. The number of nitrogens with zero attached hydrogens (tertiary/aromatic N) is 2. The highest BCUT2D eigenvalue weighted by atomic mass is 16.2. The van der Waals surface area contributed by atoms with Gasteiger partial charge < -0.3 is 10.6 Å². The molecule has 0 aliphatic carbocycles. The first kappa shape index (κ1) is 12.8. The molecule has 0 aliphatic rings. The third-order valence-corrected chi connectivity index (χ3v) is 2.56. The summed E-state index contributed by atoms with van der Waals surface area (Å²) in [6.45, 7) is 0. The molecule has 6 heteroatoms. The summed E-state index contributed by atoms with van der Waals surface area (Å²) in [6.07, 6.45) is 1.59. The summed E-state index contributed by atoms with van der Waals surface area (Å²) < 4.78 is 1.48. The van der Waals surface area contributed by atoms with Crippen LogP contribution in [-0.4, -0.2) is 28.6 Å². The van der Waals surface area contributed by atoms with E-state index in [1.54, 1.807) is 37.5 Å². The molecule has 0 atom stereocenters. The molecular formula is C13H14N4O2. The number of anilines is 1. The van der Waals surface area contributed by atoms with Crippen LogP contribution in [-0.2, 0) is 7.05 Å². The summed E-state index contributed by atoms with van der Waals surface area (Å²) in [5, 5.41) is 9.18. The van der Waals surface area contributed by atoms with E-state index in [9.17, 15) is 9.59 Å². The molecule has 1 aromatic carbocycles. The smallest absolute Gasteiger partial charge is 0.273 e. The van der Waals surface area contributed by atoms with Crippen molar-refractivity contribution in [2.45, 2.75) is 0 Å². The minimum Gasteiger partial charge on any atom is -0.354 e. The molecule has 2 rings (SSSR count). The van der Waals surface area contributed by atoms with Crippen molar-refractivity contribution in [3.63, 3.8) is 0 Å². The van der Waals surface area contributed by atoms with Crippen molar-refractivity contribution in [2.75, 3.05) is 12.4 Å². The van der Waals surface area contributed by atoms with Gasteiger partial charge in [-0.25, -0.2) is 0 Å². The topological polar surface area (TPSA) is 76.0 Å². The highest BCUT2D eigenvalue weighted by Crippen LogP contribution is 2.14. The Morgan fingerprint density at radius 2 is 1.84 bits per heavy atom. The van der Waals surface area contributed by atoms with Crippen LogP contribution in [0.25, 0.3) is 0 Å². The summed E-state index contributed by atoms with van der Waals surface area (Å²) in [4.78, 5) is 23.6. The standard InChI is InChI=1S/C13H14N4O2/c1-14-13(19)11-10(8-17(2)16-11)15-12(18)9-6-4-3-5-7-9/h3-8H,1-2H3,(H,14,19)(H,15,18). The number of benzene rings is 1. The van der Waals surface area contributed by atoms with Gasteiger partial charge in [0.15, 0.2) is 5.69 Å². The summed E-state index contributed by atoms with van der Waals surface area (Å²) in [7, 11) is 3.20. The van der Waals surface area contributed by atoms with Crippen molar-refractivity contribution < 1.29 is 9.59 Å². The van der Waals surface area contributed by atoms with E-state index in [2.05, 4.69) is 15.7 Å². The molecule has 19 heavy (non-hydrogen) atoms. The first-order chi connectivity index (χ1) is 9.11. The summed E-state index contributed by atoms with van der Waals surface area (Å²) in [6, 6.07) is 8.78. The third kappa shape index (κ3) is 2.79. The Kier molecular flexibility index (Phi) is 3.61. The molecule has 98 valence electrons. The Bertz CT molecular complexity index is 604. The van der Waals surface area contributed by atoms with Gasteiger partial charge in [0.1, 0.15) is 0 Å². The lowest BCUT2D eigenvalue weighted by molar-refractivity contribution is 0.0958. The molecule has 2 aromatic rings. The van der Waals surface area contributed by atoms with Crippen molar-refractivity contribution in [3.05, 3.63) is 47.8 Å². The Labute approximate surface area is 110 Å². The van der Waals surface area contributed by atoms with Crippen LogP contribution >= 0.6 is 0 Å². The van der Waals surface area contributed by atoms with Gasteiger partial charge in [-0.3, -0.25) is 14.3 Å². The Balaban J connectivity index is 2.24. The molecule has 0 fully saturated rings. The minimum atomic E-state index is -0.344. The van der Waals surface area contributed by atoms with E-state index >= 15 is 0 Å². The maximum Gasteiger partial charge on any atom is 0.273 e. The van der Waals surface area contributed by atoms with Crippen LogP contribution in [0.1, 0.15) is 20.8 Å². The minimum absolute atomic E-state index is 0.189. The zero-order chi connectivity index (χ0) is 13.8. The first-order valence-corrected chi connectivity index (χ1v) is 5.74. The quantitative estimate of drug-likeness (QED) is 0.863. The SMILES string of the molecule is CNC(=O)c1nn(C)cc1NC(=O)c1ccccc1. The van der Waals surface area contributed by atoms with Crippen LogP contribution in [0.4, 0.5) is 5.69 Å². The van der Waals surface area contributed by atoms with Crippen LogP contribution < -0.4 is 10.6 Å². The van der Waals surface area contributed by atoms with E-state index in [-0.39, 0.29) is 17.5 Å². The highest BCUT2D eigenvalue weighted by Gasteiger charge is 2.17. The Morgan fingerprint density at radius 3 is 2.47 bits per heavy atom. The van der Waals surface area contributed by atoms with Gasteiger partial charge >= 0.3 is 0 Å². The molecule has 0 unspecified atom stereocenters. The van der Waals surface area contributed by atoms with Gasteiger partial charge in [-0.05, 0) is 12.1 Å². The van der Waals surface area contributed by atoms with Gasteiger partial charge in [-0.15, -0.1) is 0 Å². The van der Waals surface area contributed by atoms with Gasteiger partial charge in [-0.1, -0.05) is 18.2 Å². The van der Waals surface area contributed by atoms with Gasteiger partial charge in [0.25, 0.3) is 11.8 Å². The molecule has 1 aromatic heterocycles. The normalized spacial score (nSPS) is 10.0. The maximum absolute atomic E-state index is 12.0. The summed E-state index contributed by atoms with van der Waals surface area (Å²) in [5.74, 6) is -0.622. The molecule has 0 saturated carbocycles. The van der Waals surface area contributed by atoms with Gasteiger partial charge in [0.2, 0.25) is 0 Å². The number of hydrogen-bond acceptors (Lipinski definition) is 3. The lowest BCUT2D eigenvalue weighted by atomic mass is 10.2. The molecule has 0 saturated heterocycles. The Hall–Kier alpha value is -2.63. The predicted molar refractivity (Wildman–Crippen MR) is 71.0 cm³/mol. The fraction of sp³-hybridized carbons (Fsp3) is 0.154. The number of rotatable bonds is 3. The largest absolute Gasteiger partial charge is 0.354 e. The van der Waals surface area contributed by atoms with Gasteiger partial charge in [0.05, 0.1) is 5.69 Å². The molecular weight excluding hydrogens is 244 g/mol. The number of aryl methyl sites for hydroxylation is 1. The van der Waals surface area contributed by atoms with Crippen LogP contribution in [0.5, 0.6) is 0 Å². The lowest BCUT2D eigenvalue weighted by Gasteiger charge is -2.04. The maximum atomic E-state index is 12.0. The van der Waals surface area contributed by atoms with Crippen molar-refractivity contribution in [3.8, 4) is 0 Å². The average Bonchev–Trinajstić information content (AvgIpc) is 2.79. The van der Waals surface area contributed by atoms with Crippen LogP contribution in [0.15, 0.2) is 36.5 Å². The van der Waals surface area contributed by atoms with Gasteiger partial charge in [0, 0.05) is 25.9 Å². The lowest BCUT2D eigenvalue weighted by Crippen LogP contribution is -2.21. The number of carbonyl (C=O) groups is 2. The van der Waals surface area contributed by atoms with Gasteiger partial charge in [-0.2, -0.15) is 5.10 Å². The van der Waals surface area contributed by atoms with Crippen LogP contribution in [0.3, 0.4) is 0 Å². The summed E-state index contributed by atoms with van der Waals surface area (Å²) in [5.41, 5.74) is 1.10. The molecule has 0 bridgehead atoms. The molecule has 0 radical (unpaired) electrons. The second kappa shape index (κ2) is 5.34. The fourth-order valence-corrected chi connectivity index (χ4v) is 1.65. The molecule has 0 aliphatic heterocycles. The van der Waals surface area contributed by atoms with E-state index in [0.29, 0.717) is 11.3 Å². The second-order valence-electron chi connectivity index (χ2n) is 3.96. The number of carbonyl (C=O) groups excluding carboxylic acids is 2. The molecule has 6 nitrogen and oxygen atoms in total. The van der Waals surface area contributed by atoms with Crippen molar-refractivity contribution >= 4 is 17.5 Å². The van der Waals surface area contributed by atoms with E-state index in [1.165, 1.54) is 11.7 Å². The van der Waals surface area contributed by atoms with Crippen molar-refractivity contribution in [1.82, 2.24) is 15.1 Å². The van der Waals surface area contributed by atoms with Crippen molar-refractivity contribution in [1.29, 1.82) is 0 Å². The summed E-state index contributed by atoms with van der Waals surface area (Å²) >= 11 is 0. The van der Waals surface area contributed by atoms with Crippen molar-refractivity contribution in [2.24, 2.45) is 7.05 Å².